The second-order valence-electron chi connectivity index (χ2n) is 5.29. The molecule has 1 aliphatic carbocycles. The normalized spacial score (nSPS) is 13.3. The van der Waals surface area contributed by atoms with Crippen molar-refractivity contribution in [3.8, 4) is 22.6 Å². The van der Waals surface area contributed by atoms with Crippen LogP contribution in [-0.4, -0.2) is 19.9 Å². The van der Waals surface area contributed by atoms with Gasteiger partial charge in [-0.15, -0.1) is 0 Å². The van der Waals surface area contributed by atoms with E-state index in [2.05, 4.69) is 22.1 Å². The monoisotopic (exact) mass is 277 g/mol. The molecule has 0 bridgehead atoms. The molecule has 0 aliphatic heterocycles. The molecule has 4 nitrogen and oxygen atoms in total. The molecule has 1 N–H and O–H groups in total. The predicted molar refractivity (Wildman–Crippen MR) is 80.1 cm³/mol. The number of rotatable bonds is 1. The molecule has 0 fully saturated rings. The number of imidazole rings is 1. The largest absolute Gasteiger partial charge is 0.426 e. The van der Waals surface area contributed by atoms with Crippen LogP contribution in [0.1, 0.15) is 17.7 Å². The van der Waals surface area contributed by atoms with E-state index in [1.54, 1.807) is 12.4 Å². The summed E-state index contributed by atoms with van der Waals surface area (Å²) in [5.41, 5.74) is 5.02. The molecule has 1 aromatic carbocycles. The number of hydrogen-bond acceptors (Lipinski definition) is 3. The maximum absolute atomic E-state index is 10.6. The highest BCUT2D eigenvalue weighted by atomic mass is 16.5. The van der Waals surface area contributed by atoms with E-state index in [1.807, 2.05) is 24.3 Å². The number of hydrogen-bond donors (Lipinski definition) is 1. The summed E-state index contributed by atoms with van der Waals surface area (Å²) in [5, 5.41) is 10.6. The van der Waals surface area contributed by atoms with Gasteiger partial charge >= 0.3 is 0 Å². The Morgan fingerprint density at radius 2 is 1.81 bits per heavy atom. The first kappa shape index (κ1) is 12.1. The maximum atomic E-state index is 10.6. The van der Waals surface area contributed by atoms with Crippen LogP contribution in [0.5, 0.6) is 0 Å². The van der Waals surface area contributed by atoms with Crippen LogP contribution in [0.15, 0.2) is 48.8 Å². The molecule has 3 aromatic rings. The van der Waals surface area contributed by atoms with Gasteiger partial charge in [0.15, 0.2) is 5.82 Å². The van der Waals surface area contributed by atoms with Gasteiger partial charge in [0.25, 0.3) is 0 Å². The SMILES string of the molecule is On1c(-c2ccncc2)nc2c1-c1ccccc1CCC2. The number of aryl methyl sites for hydroxylation is 2. The van der Waals surface area contributed by atoms with Gasteiger partial charge in [-0.1, -0.05) is 24.3 Å². The standard InChI is InChI=1S/C17H15N3O/c21-20-16-14-6-2-1-4-12(14)5-3-7-15(16)19-17(20)13-8-10-18-11-9-13/h1-2,4,6,8-11,21H,3,5,7H2. The van der Waals surface area contributed by atoms with Crippen LogP contribution in [-0.2, 0) is 12.8 Å². The van der Waals surface area contributed by atoms with Crippen LogP contribution in [0.25, 0.3) is 22.6 Å². The van der Waals surface area contributed by atoms with Gasteiger partial charge < -0.3 is 5.21 Å². The van der Waals surface area contributed by atoms with Gasteiger partial charge in [0.05, 0.1) is 5.69 Å². The van der Waals surface area contributed by atoms with E-state index in [1.165, 1.54) is 10.3 Å². The van der Waals surface area contributed by atoms with E-state index >= 15 is 0 Å². The summed E-state index contributed by atoms with van der Waals surface area (Å²) >= 11 is 0. The second kappa shape index (κ2) is 4.74. The van der Waals surface area contributed by atoms with Crippen LogP contribution < -0.4 is 0 Å². The predicted octanol–water partition coefficient (Wildman–Crippen LogP) is 3.34. The van der Waals surface area contributed by atoms with Gasteiger partial charge in [0.1, 0.15) is 5.69 Å². The molecule has 4 heteroatoms. The number of aromatic nitrogens is 3. The minimum absolute atomic E-state index is 0.583. The fourth-order valence-corrected chi connectivity index (χ4v) is 3.00. The van der Waals surface area contributed by atoms with Crippen molar-refractivity contribution in [2.75, 3.05) is 0 Å². The van der Waals surface area contributed by atoms with Crippen LogP contribution >= 0.6 is 0 Å². The molecule has 0 amide bonds. The minimum atomic E-state index is 0.583. The van der Waals surface area contributed by atoms with Crippen molar-refractivity contribution in [3.05, 3.63) is 60.0 Å². The van der Waals surface area contributed by atoms with Gasteiger partial charge in [-0.25, -0.2) is 4.98 Å². The summed E-state index contributed by atoms with van der Waals surface area (Å²) in [4.78, 5) is 8.68. The van der Waals surface area contributed by atoms with E-state index in [0.717, 1.165) is 41.8 Å². The Labute approximate surface area is 122 Å². The highest BCUT2D eigenvalue weighted by Gasteiger charge is 2.23. The third kappa shape index (κ3) is 1.91. The maximum Gasteiger partial charge on any atom is 0.176 e. The molecule has 1 aliphatic rings. The van der Waals surface area contributed by atoms with Crippen molar-refractivity contribution in [2.24, 2.45) is 0 Å². The lowest BCUT2D eigenvalue weighted by atomic mass is 10.0. The van der Waals surface area contributed by atoms with Crippen LogP contribution in [0, 0.1) is 0 Å². The zero-order chi connectivity index (χ0) is 14.2. The summed E-state index contributed by atoms with van der Waals surface area (Å²) in [7, 11) is 0. The second-order valence-corrected chi connectivity index (χ2v) is 5.29. The summed E-state index contributed by atoms with van der Waals surface area (Å²) in [5.74, 6) is 0.583. The molecule has 4 rings (SSSR count). The van der Waals surface area contributed by atoms with Crippen molar-refractivity contribution >= 4 is 0 Å². The highest BCUT2D eigenvalue weighted by molar-refractivity contribution is 5.71. The third-order valence-electron chi connectivity index (χ3n) is 4.00. The Morgan fingerprint density at radius 3 is 2.67 bits per heavy atom. The summed E-state index contributed by atoms with van der Waals surface area (Å²) in [6.45, 7) is 0. The van der Waals surface area contributed by atoms with E-state index < -0.39 is 0 Å². The zero-order valence-corrected chi connectivity index (χ0v) is 11.5. The third-order valence-corrected chi connectivity index (χ3v) is 4.00. The fraction of sp³-hybridized carbons (Fsp3) is 0.176. The number of fused-ring (bicyclic) bond motifs is 3. The number of benzene rings is 1. The molecule has 2 heterocycles. The Bertz CT molecular complexity index is 793. The molecule has 21 heavy (non-hydrogen) atoms. The van der Waals surface area contributed by atoms with Crippen LogP contribution in [0.3, 0.4) is 0 Å². The molecular weight excluding hydrogens is 262 g/mol. The Kier molecular flexibility index (Phi) is 2.74. The smallest absolute Gasteiger partial charge is 0.176 e. The van der Waals surface area contributed by atoms with Gasteiger partial charge in [-0.05, 0) is 37.0 Å². The van der Waals surface area contributed by atoms with Crippen molar-refractivity contribution in [1.82, 2.24) is 14.7 Å². The summed E-state index contributed by atoms with van der Waals surface area (Å²) < 4.78 is 1.23. The summed E-state index contributed by atoms with van der Waals surface area (Å²) in [6.07, 6.45) is 6.38. The molecule has 104 valence electrons. The van der Waals surface area contributed by atoms with Crippen molar-refractivity contribution in [2.45, 2.75) is 19.3 Å². The summed E-state index contributed by atoms with van der Waals surface area (Å²) in [6, 6.07) is 12.0. The molecule has 0 unspecified atom stereocenters. The van der Waals surface area contributed by atoms with Gasteiger partial charge in [0.2, 0.25) is 0 Å². The van der Waals surface area contributed by atoms with E-state index in [9.17, 15) is 5.21 Å². The average Bonchev–Trinajstić information content (AvgIpc) is 2.75. The first-order chi connectivity index (χ1) is 10.3. The lowest BCUT2D eigenvalue weighted by molar-refractivity contribution is 0.195. The number of nitrogens with zero attached hydrogens (tertiary/aromatic N) is 3. The Balaban J connectivity index is 1.96. The van der Waals surface area contributed by atoms with Gasteiger partial charge in [-0.3, -0.25) is 4.98 Å². The molecule has 0 saturated heterocycles. The minimum Gasteiger partial charge on any atom is -0.426 e. The van der Waals surface area contributed by atoms with E-state index in [-0.39, 0.29) is 0 Å². The zero-order valence-electron chi connectivity index (χ0n) is 11.5. The molecule has 0 saturated carbocycles. The van der Waals surface area contributed by atoms with E-state index in [4.69, 9.17) is 0 Å². The van der Waals surface area contributed by atoms with Gasteiger partial charge in [-0.2, -0.15) is 4.73 Å². The topological polar surface area (TPSA) is 50.9 Å². The van der Waals surface area contributed by atoms with Gasteiger partial charge in [0, 0.05) is 23.5 Å². The Morgan fingerprint density at radius 1 is 1.00 bits per heavy atom. The quantitative estimate of drug-likeness (QED) is 0.694. The average molecular weight is 277 g/mol. The molecule has 0 radical (unpaired) electrons. The lowest BCUT2D eigenvalue weighted by Gasteiger charge is -2.08. The molecule has 0 spiro atoms. The van der Waals surface area contributed by atoms with Crippen LogP contribution in [0.4, 0.5) is 0 Å². The molecule has 2 aromatic heterocycles. The number of pyridine rings is 1. The van der Waals surface area contributed by atoms with Crippen LogP contribution in [0.2, 0.25) is 0 Å². The lowest BCUT2D eigenvalue weighted by Crippen LogP contribution is -1.98. The first-order valence-electron chi connectivity index (χ1n) is 7.14. The fourth-order valence-electron chi connectivity index (χ4n) is 3.00. The van der Waals surface area contributed by atoms with Crippen molar-refractivity contribution < 1.29 is 5.21 Å². The van der Waals surface area contributed by atoms with Crippen molar-refractivity contribution in [3.63, 3.8) is 0 Å². The molecular formula is C17H15N3O. The highest BCUT2D eigenvalue weighted by Crippen LogP contribution is 2.34. The van der Waals surface area contributed by atoms with E-state index in [0.29, 0.717) is 5.82 Å². The first-order valence-corrected chi connectivity index (χ1v) is 7.14. The molecule has 0 atom stereocenters. The van der Waals surface area contributed by atoms with Crippen molar-refractivity contribution in [1.29, 1.82) is 0 Å². The Hall–Kier alpha value is -2.62.